The van der Waals surface area contributed by atoms with Crippen molar-refractivity contribution >= 4 is 50.1 Å². The van der Waals surface area contributed by atoms with Crippen molar-refractivity contribution in [3.8, 4) is 0 Å². The first-order chi connectivity index (χ1) is 17.8. The molecule has 4 rings (SSSR count). The summed E-state index contributed by atoms with van der Waals surface area (Å²) < 4.78 is 69.4. The number of carbonyl (C=O) groups excluding carboxylic acids is 2. The number of rotatable bonds is 9. The van der Waals surface area contributed by atoms with E-state index in [1.807, 2.05) is 4.90 Å². The molecule has 38 heavy (non-hydrogen) atoms. The highest BCUT2D eigenvalue weighted by atomic mass is 32.2. The van der Waals surface area contributed by atoms with Crippen LogP contribution in [0, 0.1) is 0 Å². The fourth-order valence-electron chi connectivity index (χ4n) is 4.32. The minimum atomic E-state index is -4.54. The molecular formula is C24H24F3N5O4S2. The molecule has 2 N–H and O–H groups in total. The number of benzene rings is 1. The molecule has 9 nitrogen and oxygen atoms in total. The molecule has 3 heterocycles. The van der Waals surface area contributed by atoms with Gasteiger partial charge in [0.1, 0.15) is 11.9 Å². The Morgan fingerprint density at radius 1 is 1.18 bits per heavy atom. The van der Waals surface area contributed by atoms with Crippen molar-refractivity contribution in [1.29, 1.82) is 0 Å². The van der Waals surface area contributed by atoms with Crippen LogP contribution in [0.25, 0.3) is 0 Å². The van der Waals surface area contributed by atoms with E-state index < -0.39 is 39.3 Å². The van der Waals surface area contributed by atoms with Crippen molar-refractivity contribution in [3.05, 3.63) is 71.2 Å². The third-order valence-corrected chi connectivity index (χ3v) is 8.11. The topological polar surface area (TPSA) is 112 Å². The SMILES string of the molecule is CC1(C)C(C(=O)C=O)N(c2cc(C(F)(F)F)cs2)CN1Cc1ccnc(NS(=O)(=O)Nc2ccccc2)c1. The zero-order chi connectivity index (χ0) is 27.7. The van der Waals surface area contributed by atoms with Gasteiger partial charge in [0.2, 0.25) is 5.78 Å². The Balaban J connectivity index is 1.56. The Hall–Kier alpha value is -3.49. The normalized spacial score (nSPS) is 17.8. The number of anilines is 3. The number of hydrogen-bond acceptors (Lipinski definition) is 8. The molecule has 2 aromatic heterocycles. The van der Waals surface area contributed by atoms with E-state index in [1.54, 1.807) is 50.2 Å². The molecule has 1 aliphatic heterocycles. The maximum absolute atomic E-state index is 13.2. The van der Waals surface area contributed by atoms with Gasteiger partial charge in [-0.05, 0) is 49.7 Å². The fourth-order valence-corrected chi connectivity index (χ4v) is 6.14. The van der Waals surface area contributed by atoms with Gasteiger partial charge >= 0.3 is 16.4 Å². The standard InChI is InChI=1S/C24H24F3N5O4S2/c1-23(2)22(19(34)13-33)32(21-11-17(14-37-21)24(25,26)27)15-31(23)12-16-8-9-28-20(10-16)30-38(35,36)29-18-6-4-3-5-7-18/h3-11,13-14,22,29H,12,15H2,1-2H3,(H,28,30). The Kier molecular flexibility index (Phi) is 7.50. The van der Waals surface area contributed by atoms with Gasteiger partial charge in [-0.1, -0.05) is 18.2 Å². The lowest BCUT2D eigenvalue weighted by molar-refractivity contribution is -0.137. The molecule has 0 aliphatic carbocycles. The Morgan fingerprint density at radius 3 is 2.53 bits per heavy atom. The molecular weight excluding hydrogens is 543 g/mol. The van der Waals surface area contributed by atoms with Crippen LogP contribution in [0.3, 0.4) is 0 Å². The van der Waals surface area contributed by atoms with E-state index in [0.717, 1.165) is 22.8 Å². The number of carbonyl (C=O) groups is 2. The van der Waals surface area contributed by atoms with Crippen LogP contribution in [0.15, 0.2) is 60.1 Å². The molecule has 0 bridgehead atoms. The second-order valence-corrected chi connectivity index (χ2v) is 11.5. The summed E-state index contributed by atoms with van der Waals surface area (Å²) in [6, 6.07) is 11.4. The average molecular weight is 568 g/mol. The van der Waals surface area contributed by atoms with E-state index in [9.17, 15) is 31.2 Å². The van der Waals surface area contributed by atoms with Gasteiger partial charge in [-0.25, -0.2) is 4.98 Å². The fraction of sp³-hybridized carbons (Fsp3) is 0.292. The van der Waals surface area contributed by atoms with Gasteiger partial charge in [0, 0.05) is 23.7 Å². The summed E-state index contributed by atoms with van der Waals surface area (Å²) in [5, 5.41) is 1.18. The molecule has 0 radical (unpaired) electrons. The van der Waals surface area contributed by atoms with Crippen molar-refractivity contribution < 1.29 is 31.2 Å². The summed E-state index contributed by atoms with van der Waals surface area (Å²) in [5.74, 6) is -0.706. The van der Waals surface area contributed by atoms with Gasteiger partial charge < -0.3 is 4.90 Å². The van der Waals surface area contributed by atoms with E-state index in [1.165, 1.54) is 17.2 Å². The van der Waals surface area contributed by atoms with Crippen molar-refractivity contribution in [2.75, 3.05) is 21.0 Å². The number of Topliss-reactive ketones (excluding diaryl/α,β-unsaturated/α-hetero) is 1. The molecule has 14 heteroatoms. The summed E-state index contributed by atoms with van der Waals surface area (Å²) in [7, 11) is -3.99. The van der Waals surface area contributed by atoms with Crippen molar-refractivity contribution in [3.63, 3.8) is 0 Å². The van der Waals surface area contributed by atoms with Crippen LogP contribution in [0.2, 0.25) is 0 Å². The molecule has 1 aliphatic rings. The van der Waals surface area contributed by atoms with Gasteiger partial charge in [0.15, 0.2) is 6.29 Å². The molecule has 1 fully saturated rings. The summed E-state index contributed by atoms with van der Waals surface area (Å²) in [5.41, 5.74) is -0.783. The Labute approximate surface area is 221 Å². The lowest BCUT2D eigenvalue weighted by Gasteiger charge is -2.34. The lowest BCUT2D eigenvalue weighted by Crippen LogP contribution is -2.51. The van der Waals surface area contributed by atoms with Gasteiger partial charge in [0.05, 0.1) is 22.9 Å². The number of nitrogens with one attached hydrogen (secondary N) is 2. The third kappa shape index (κ3) is 5.97. The maximum atomic E-state index is 13.2. The van der Waals surface area contributed by atoms with Crippen molar-refractivity contribution in [1.82, 2.24) is 9.88 Å². The van der Waals surface area contributed by atoms with E-state index in [4.69, 9.17) is 0 Å². The first-order valence-electron chi connectivity index (χ1n) is 11.3. The number of hydrogen-bond donors (Lipinski definition) is 2. The molecule has 0 saturated carbocycles. The zero-order valence-corrected chi connectivity index (χ0v) is 21.9. The predicted molar refractivity (Wildman–Crippen MR) is 138 cm³/mol. The summed E-state index contributed by atoms with van der Waals surface area (Å²) in [6.07, 6.45) is -2.94. The minimum Gasteiger partial charge on any atom is -0.338 e. The minimum absolute atomic E-state index is 0.0494. The number of halogens is 3. The number of aldehydes is 1. The Bertz CT molecular complexity index is 1430. The number of alkyl halides is 3. The first kappa shape index (κ1) is 27.5. The summed E-state index contributed by atoms with van der Waals surface area (Å²) in [6.45, 7) is 3.72. The number of thiophene rings is 1. The molecule has 0 spiro atoms. The Morgan fingerprint density at radius 2 is 1.89 bits per heavy atom. The summed E-state index contributed by atoms with van der Waals surface area (Å²) in [4.78, 5) is 31.5. The number of pyridine rings is 1. The maximum Gasteiger partial charge on any atom is 0.417 e. The quantitative estimate of drug-likeness (QED) is 0.296. The molecule has 1 saturated heterocycles. The van der Waals surface area contributed by atoms with E-state index in [-0.39, 0.29) is 30.3 Å². The average Bonchev–Trinajstić information content (AvgIpc) is 3.42. The van der Waals surface area contributed by atoms with Crippen LogP contribution in [0.4, 0.5) is 29.7 Å². The molecule has 1 unspecified atom stereocenters. The largest absolute Gasteiger partial charge is 0.417 e. The van der Waals surface area contributed by atoms with Gasteiger partial charge in [-0.3, -0.25) is 23.9 Å². The molecule has 1 atom stereocenters. The molecule has 0 amide bonds. The highest BCUT2D eigenvalue weighted by Gasteiger charge is 2.50. The lowest BCUT2D eigenvalue weighted by atomic mass is 9.91. The van der Waals surface area contributed by atoms with E-state index in [2.05, 4.69) is 14.4 Å². The highest BCUT2D eigenvalue weighted by Crippen LogP contribution is 2.42. The third-order valence-electron chi connectivity index (χ3n) is 6.16. The predicted octanol–water partition coefficient (Wildman–Crippen LogP) is 4.13. The smallest absolute Gasteiger partial charge is 0.338 e. The van der Waals surface area contributed by atoms with Gasteiger partial charge in [0.25, 0.3) is 0 Å². The summed E-state index contributed by atoms with van der Waals surface area (Å²) >= 11 is 0.841. The van der Waals surface area contributed by atoms with Crippen LogP contribution in [-0.4, -0.2) is 48.6 Å². The second kappa shape index (κ2) is 10.3. The molecule has 1 aromatic carbocycles. The van der Waals surface area contributed by atoms with Crippen molar-refractivity contribution in [2.24, 2.45) is 0 Å². The zero-order valence-electron chi connectivity index (χ0n) is 20.3. The van der Waals surface area contributed by atoms with E-state index in [0.29, 0.717) is 11.3 Å². The van der Waals surface area contributed by atoms with Crippen LogP contribution in [0.5, 0.6) is 0 Å². The molecule has 3 aromatic rings. The van der Waals surface area contributed by atoms with Crippen LogP contribution < -0.4 is 14.3 Å². The van der Waals surface area contributed by atoms with Crippen LogP contribution >= 0.6 is 11.3 Å². The van der Waals surface area contributed by atoms with Gasteiger partial charge in [-0.2, -0.15) is 21.6 Å². The number of ketones is 1. The molecule has 202 valence electrons. The van der Waals surface area contributed by atoms with Crippen LogP contribution in [0.1, 0.15) is 25.0 Å². The monoisotopic (exact) mass is 567 g/mol. The number of nitrogens with zero attached hydrogens (tertiary/aromatic N) is 3. The first-order valence-corrected chi connectivity index (χ1v) is 13.6. The second-order valence-electron chi connectivity index (χ2n) is 9.18. The van der Waals surface area contributed by atoms with Gasteiger partial charge in [-0.15, -0.1) is 11.3 Å². The number of aromatic nitrogens is 1. The van der Waals surface area contributed by atoms with Crippen molar-refractivity contribution in [2.45, 2.75) is 38.1 Å². The number of para-hydroxylation sites is 1. The highest BCUT2D eigenvalue weighted by molar-refractivity contribution is 7.94. The van der Waals surface area contributed by atoms with E-state index >= 15 is 0 Å². The van der Waals surface area contributed by atoms with Crippen LogP contribution in [-0.2, 0) is 32.5 Å².